The maximum Gasteiger partial charge on any atom is 0.236 e. The molecule has 29 heavy (non-hydrogen) atoms. The largest absolute Gasteiger partial charge is 0.497 e. The number of hydrogen-bond donors (Lipinski definition) is 0. The number of morpholine rings is 1. The monoisotopic (exact) mass is 434 g/mol. The minimum atomic E-state index is -3.92. The van der Waals surface area contributed by atoms with E-state index in [1.807, 2.05) is 4.90 Å². The van der Waals surface area contributed by atoms with Gasteiger partial charge in [0.2, 0.25) is 26.6 Å². The van der Waals surface area contributed by atoms with E-state index in [-0.39, 0.29) is 21.7 Å². The van der Waals surface area contributed by atoms with Gasteiger partial charge in [0.1, 0.15) is 5.75 Å². The highest BCUT2D eigenvalue weighted by Gasteiger charge is 2.32. The number of anilines is 1. The number of benzene rings is 2. The molecule has 0 amide bonds. The molecule has 7 nitrogen and oxygen atoms in total. The number of ether oxygens (including phenoxy) is 2. The van der Waals surface area contributed by atoms with E-state index in [0.29, 0.717) is 42.6 Å². The van der Waals surface area contributed by atoms with Crippen molar-refractivity contribution in [1.29, 1.82) is 0 Å². The lowest BCUT2D eigenvalue weighted by Crippen LogP contribution is -2.36. The number of halogens is 1. The number of sulfone groups is 1. The molecule has 0 unspecified atom stereocenters. The van der Waals surface area contributed by atoms with Crippen molar-refractivity contribution >= 4 is 27.3 Å². The first kappa shape index (κ1) is 19.8. The topological polar surface area (TPSA) is 81.9 Å². The molecule has 1 aliphatic rings. The molecule has 1 aliphatic heterocycles. The van der Waals surface area contributed by atoms with Gasteiger partial charge in [-0.1, -0.05) is 17.7 Å². The molecule has 1 fully saturated rings. The van der Waals surface area contributed by atoms with E-state index in [0.717, 1.165) is 0 Å². The first-order valence-corrected chi connectivity index (χ1v) is 10.8. The molecule has 0 saturated carbocycles. The lowest BCUT2D eigenvalue weighted by atomic mass is 10.2. The van der Waals surface area contributed by atoms with Crippen LogP contribution in [-0.4, -0.2) is 46.8 Å². The summed E-state index contributed by atoms with van der Waals surface area (Å²) >= 11 is 6.08. The summed E-state index contributed by atoms with van der Waals surface area (Å²) in [6, 6.07) is 13.1. The predicted octanol–water partition coefficient (Wildman–Crippen LogP) is 3.67. The van der Waals surface area contributed by atoms with Crippen LogP contribution in [0.1, 0.15) is 0 Å². The quantitative estimate of drug-likeness (QED) is 0.605. The Morgan fingerprint density at radius 2 is 1.83 bits per heavy atom. The highest BCUT2D eigenvalue weighted by Crippen LogP contribution is 2.35. The third-order valence-electron chi connectivity index (χ3n) is 4.57. The van der Waals surface area contributed by atoms with Gasteiger partial charge in [0.25, 0.3) is 0 Å². The first-order valence-electron chi connectivity index (χ1n) is 8.97. The van der Waals surface area contributed by atoms with Crippen LogP contribution in [0.3, 0.4) is 0 Å². The highest BCUT2D eigenvalue weighted by molar-refractivity contribution is 7.91. The van der Waals surface area contributed by atoms with Gasteiger partial charge in [-0.05, 0) is 42.5 Å². The Balaban J connectivity index is 1.83. The molecule has 0 radical (unpaired) electrons. The van der Waals surface area contributed by atoms with Crippen molar-refractivity contribution in [2.75, 3.05) is 38.3 Å². The van der Waals surface area contributed by atoms with E-state index in [1.165, 1.54) is 19.2 Å². The second kappa shape index (κ2) is 8.06. The van der Waals surface area contributed by atoms with Crippen LogP contribution in [0.2, 0.25) is 5.02 Å². The third kappa shape index (κ3) is 3.96. The third-order valence-corrected chi connectivity index (χ3v) is 6.48. The molecule has 1 saturated heterocycles. The van der Waals surface area contributed by atoms with Gasteiger partial charge >= 0.3 is 0 Å². The Morgan fingerprint density at radius 1 is 1.10 bits per heavy atom. The summed E-state index contributed by atoms with van der Waals surface area (Å²) < 4.78 is 43.2. The number of rotatable bonds is 5. The fourth-order valence-corrected chi connectivity index (χ4v) is 4.56. The average Bonchev–Trinajstić information content (AvgIpc) is 3.21. The Labute approximate surface area is 173 Å². The van der Waals surface area contributed by atoms with E-state index < -0.39 is 9.84 Å². The maximum absolute atomic E-state index is 13.4. The van der Waals surface area contributed by atoms with Crippen molar-refractivity contribution in [3.05, 3.63) is 53.6 Å². The van der Waals surface area contributed by atoms with Crippen LogP contribution in [0, 0.1) is 0 Å². The molecule has 152 valence electrons. The van der Waals surface area contributed by atoms with Gasteiger partial charge in [-0.3, -0.25) is 0 Å². The fourth-order valence-electron chi connectivity index (χ4n) is 3.05. The summed E-state index contributed by atoms with van der Waals surface area (Å²) in [6.07, 6.45) is 0. The lowest BCUT2D eigenvalue weighted by Gasteiger charge is -2.26. The van der Waals surface area contributed by atoms with Crippen molar-refractivity contribution in [3.8, 4) is 17.2 Å². The summed E-state index contributed by atoms with van der Waals surface area (Å²) in [5, 5.41) is 0.382. The molecule has 4 rings (SSSR count). The van der Waals surface area contributed by atoms with Crippen LogP contribution in [-0.2, 0) is 14.6 Å². The van der Waals surface area contributed by atoms with Gasteiger partial charge < -0.3 is 18.8 Å². The number of oxazole rings is 1. The molecule has 0 atom stereocenters. The SMILES string of the molecule is COc1ccc(S(=O)(=O)c2nc(-c3cccc(Cl)c3)oc2N2CCOCC2)cc1. The maximum atomic E-state index is 13.4. The van der Waals surface area contributed by atoms with Crippen LogP contribution >= 0.6 is 11.6 Å². The van der Waals surface area contributed by atoms with E-state index in [2.05, 4.69) is 4.98 Å². The van der Waals surface area contributed by atoms with Crippen molar-refractivity contribution < 1.29 is 22.3 Å². The van der Waals surface area contributed by atoms with Crippen LogP contribution in [0.4, 0.5) is 5.88 Å². The summed E-state index contributed by atoms with van der Waals surface area (Å²) in [5.41, 5.74) is 0.600. The van der Waals surface area contributed by atoms with Crippen molar-refractivity contribution in [2.24, 2.45) is 0 Å². The molecule has 0 N–H and O–H groups in total. The van der Waals surface area contributed by atoms with E-state index >= 15 is 0 Å². The summed E-state index contributed by atoms with van der Waals surface area (Å²) in [5.74, 6) is 0.970. The van der Waals surface area contributed by atoms with Crippen molar-refractivity contribution in [1.82, 2.24) is 4.98 Å². The van der Waals surface area contributed by atoms with Gasteiger partial charge in [0, 0.05) is 23.7 Å². The number of hydrogen-bond acceptors (Lipinski definition) is 7. The normalized spacial score (nSPS) is 14.8. The molecule has 3 aromatic rings. The van der Waals surface area contributed by atoms with Gasteiger partial charge in [0.05, 0.1) is 25.2 Å². The fraction of sp³-hybridized carbons (Fsp3) is 0.250. The Morgan fingerprint density at radius 3 is 2.48 bits per heavy atom. The summed E-state index contributed by atoms with van der Waals surface area (Å²) in [6.45, 7) is 1.98. The molecule has 9 heteroatoms. The van der Waals surface area contributed by atoms with Crippen LogP contribution < -0.4 is 9.64 Å². The molecule has 1 aromatic heterocycles. The summed E-state index contributed by atoms with van der Waals surface area (Å²) in [4.78, 5) is 6.30. The molecule has 2 heterocycles. The second-order valence-electron chi connectivity index (χ2n) is 6.42. The highest BCUT2D eigenvalue weighted by atomic mass is 35.5. The van der Waals surface area contributed by atoms with Crippen LogP contribution in [0.5, 0.6) is 5.75 Å². The van der Waals surface area contributed by atoms with Gasteiger partial charge in [0.15, 0.2) is 0 Å². The van der Waals surface area contributed by atoms with Crippen molar-refractivity contribution in [3.63, 3.8) is 0 Å². The predicted molar refractivity (Wildman–Crippen MR) is 108 cm³/mol. The molecule has 2 aromatic carbocycles. The Bertz CT molecular complexity index is 1110. The molecule has 0 spiro atoms. The van der Waals surface area contributed by atoms with Gasteiger partial charge in [-0.2, -0.15) is 4.98 Å². The Hall–Kier alpha value is -2.55. The van der Waals surface area contributed by atoms with Crippen LogP contribution in [0.25, 0.3) is 11.5 Å². The standard InChI is InChI=1S/C20H19ClN2O5S/c1-26-16-5-7-17(8-6-16)29(24,25)19-20(23-9-11-27-12-10-23)28-18(22-19)14-3-2-4-15(21)13-14/h2-8,13H,9-12H2,1H3. The number of nitrogens with zero attached hydrogens (tertiary/aromatic N) is 2. The van der Waals surface area contributed by atoms with E-state index in [1.54, 1.807) is 36.4 Å². The molecule has 0 aliphatic carbocycles. The Kier molecular flexibility index (Phi) is 5.49. The number of methoxy groups -OCH3 is 1. The smallest absolute Gasteiger partial charge is 0.236 e. The molecule has 0 bridgehead atoms. The summed E-state index contributed by atoms with van der Waals surface area (Å²) in [7, 11) is -2.39. The minimum absolute atomic E-state index is 0.110. The van der Waals surface area contributed by atoms with E-state index in [4.69, 9.17) is 25.5 Å². The average molecular weight is 435 g/mol. The molecular weight excluding hydrogens is 416 g/mol. The minimum Gasteiger partial charge on any atom is -0.497 e. The van der Waals surface area contributed by atoms with Crippen molar-refractivity contribution in [2.45, 2.75) is 9.92 Å². The molecular formula is C20H19ClN2O5S. The second-order valence-corrected chi connectivity index (χ2v) is 8.72. The lowest BCUT2D eigenvalue weighted by molar-refractivity contribution is 0.120. The number of aromatic nitrogens is 1. The zero-order chi connectivity index (χ0) is 20.4. The van der Waals surface area contributed by atoms with E-state index in [9.17, 15) is 8.42 Å². The zero-order valence-corrected chi connectivity index (χ0v) is 17.2. The first-order chi connectivity index (χ1) is 14.0. The van der Waals surface area contributed by atoms with Crippen LogP contribution in [0.15, 0.2) is 62.9 Å². The van der Waals surface area contributed by atoms with Gasteiger partial charge in [-0.25, -0.2) is 8.42 Å². The van der Waals surface area contributed by atoms with Gasteiger partial charge in [-0.15, -0.1) is 0 Å². The zero-order valence-electron chi connectivity index (χ0n) is 15.7.